The molecular weight excluding hydrogens is 226 g/mol. The van der Waals surface area contributed by atoms with Crippen LogP contribution >= 0.6 is 0 Å². The van der Waals surface area contributed by atoms with Crippen molar-refractivity contribution in [1.29, 1.82) is 0 Å². The van der Waals surface area contributed by atoms with Gasteiger partial charge in [-0.3, -0.25) is 0 Å². The molecule has 1 rings (SSSR count). The van der Waals surface area contributed by atoms with Gasteiger partial charge in [0.2, 0.25) is 0 Å². The molecule has 1 unspecified atom stereocenters. The Morgan fingerprint density at radius 3 is 2.72 bits per heavy atom. The van der Waals surface area contributed by atoms with Gasteiger partial charge in [-0.15, -0.1) is 0 Å². The maximum Gasteiger partial charge on any atom is 0.122 e. The molecule has 1 aromatic carbocycles. The second kappa shape index (κ2) is 6.76. The third-order valence-corrected chi connectivity index (χ3v) is 2.94. The Kier molecular flexibility index (Phi) is 5.63. The highest BCUT2D eigenvalue weighted by Crippen LogP contribution is 2.24. The van der Waals surface area contributed by atoms with E-state index < -0.39 is 5.60 Å². The van der Waals surface area contributed by atoms with Gasteiger partial charge in [-0.25, -0.2) is 0 Å². The minimum atomic E-state index is -0.754. The number of nitrogens with one attached hydrogen (secondary N) is 1. The lowest BCUT2D eigenvalue weighted by Crippen LogP contribution is -2.40. The van der Waals surface area contributed by atoms with Crippen molar-refractivity contribution in [2.75, 3.05) is 20.2 Å². The van der Waals surface area contributed by atoms with E-state index in [1.165, 1.54) is 5.56 Å². The zero-order chi connectivity index (χ0) is 13.6. The summed E-state index contributed by atoms with van der Waals surface area (Å²) in [6, 6.07) is 6.06. The summed E-state index contributed by atoms with van der Waals surface area (Å²) in [6.45, 7) is 7.55. The van der Waals surface area contributed by atoms with Crippen LogP contribution < -0.4 is 10.1 Å². The summed E-state index contributed by atoms with van der Waals surface area (Å²) >= 11 is 0. The van der Waals surface area contributed by atoms with Crippen molar-refractivity contribution < 1.29 is 9.84 Å². The van der Waals surface area contributed by atoms with Gasteiger partial charge >= 0.3 is 0 Å². The van der Waals surface area contributed by atoms with Crippen LogP contribution in [0.4, 0.5) is 0 Å². The van der Waals surface area contributed by atoms with Crippen LogP contribution in [0.25, 0.3) is 0 Å². The number of methoxy groups -OCH3 is 1. The Balaban J connectivity index is 2.72. The van der Waals surface area contributed by atoms with Crippen LogP contribution in [0.2, 0.25) is 0 Å². The van der Waals surface area contributed by atoms with Crippen molar-refractivity contribution in [2.24, 2.45) is 0 Å². The van der Waals surface area contributed by atoms with Crippen molar-refractivity contribution >= 4 is 0 Å². The topological polar surface area (TPSA) is 41.5 Å². The molecule has 0 amide bonds. The zero-order valence-corrected chi connectivity index (χ0v) is 11.9. The maximum atomic E-state index is 10.4. The molecule has 1 atom stereocenters. The minimum absolute atomic E-state index is 0.592. The highest BCUT2D eigenvalue weighted by molar-refractivity contribution is 5.37. The Hall–Kier alpha value is -1.06. The number of hydrogen-bond acceptors (Lipinski definition) is 3. The number of ether oxygens (including phenoxy) is 1. The second-order valence-electron chi connectivity index (χ2n) is 5.17. The van der Waals surface area contributed by atoms with Crippen molar-refractivity contribution in [2.45, 2.75) is 39.2 Å². The number of rotatable bonds is 7. The Labute approximate surface area is 110 Å². The molecule has 3 nitrogen and oxygen atoms in total. The lowest BCUT2D eigenvalue weighted by molar-refractivity contribution is 0.0597. The van der Waals surface area contributed by atoms with Gasteiger partial charge in [0.1, 0.15) is 5.75 Å². The van der Waals surface area contributed by atoms with Gasteiger partial charge in [-0.2, -0.15) is 0 Å². The standard InChI is InChI=1S/C15H25NO2/c1-5-8-16-11-15(3,17)10-13-9-12(2)6-7-14(13)18-4/h6-7,9,16-17H,5,8,10-11H2,1-4H3. The molecule has 0 heterocycles. The molecule has 1 aromatic rings. The van der Waals surface area contributed by atoms with Crippen LogP contribution in [0.5, 0.6) is 5.75 Å². The van der Waals surface area contributed by atoms with E-state index in [2.05, 4.69) is 18.3 Å². The molecule has 102 valence electrons. The van der Waals surface area contributed by atoms with Crippen LogP contribution in [0.15, 0.2) is 18.2 Å². The SMILES string of the molecule is CCCNCC(C)(O)Cc1cc(C)ccc1OC. The van der Waals surface area contributed by atoms with Crippen molar-refractivity contribution in [1.82, 2.24) is 5.32 Å². The average Bonchev–Trinajstić information content (AvgIpc) is 2.29. The van der Waals surface area contributed by atoms with Gasteiger partial charge in [0, 0.05) is 13.0 Å². The summed E-state index contributed by atoms with van der Waals surface area (Å²) < 4.78 is 5.34. The van der Waals surface area contributed by atoms with E-state index in [9.17, 15) is 5.11 Å². The fraction of sp³-hybridized carbons (Fsp3) is 0.600. The van der Waals surface area contributed by atoms with Gasteiger partial charge < -0.3 is 15.2 Å². The van der Waals surface area contributed by atoms with Gasteiger partial charge in [0.25, 0.3) is 0 Å². The van der Waals surface area contributed by atoms with Crippen LogP contribution in [0.3, 0.4) is 0 Å². The molecule has 0 radical (unpaired) electrons. The predicted molar refractivity (Wildman–Crippen MR) is 75.2 cm³/mol. The van der Waals surface area contributed by atoms with Crippen molar-refractivity contribution in [3.8, 4) is 5.75 Å². The molecule has 3 heteroatoms. The third-order valence-electron chi connectivity index (χ3n) is 2.94. The smallest absolute Gasteiger partial charge is 0.122 e. The van der Waals surface area contributed by atoms with E-state index in [1.807, 2.05) is 26.0 Å². The Morgan fingerprint density at radius 2 is 2.11 bits per heavy atom. The molecule has 0 aliphatic carbocycles. The number of hydrogen-bond donors (Lipinski definition) is 2. The van der Waals surface area contributed by atoms with E-state index in [4.69, 9.17) is 4.74 Å². The monoisotopic (exact) mass is 251 g/mol. The number of aryl methyl sites for hydroxylation is 1. The molecule has 0 fully saturated rings. The van der Waals surface area contributed by atoms with Gasteiger partial charge in [0.05, 0.1) is 12.7 Å². The minimum Gasteiger partial charge on any atom is -0.496 e. The molecule has 0 spiro atoms. The van der Waals surface area contributed by atoms with Crippen LogP contribution in [-0.4, -0.2) is 30.9 Å². The first-order valence-corrected chi connectivity index (χ1v) is 6.55. The normalized spacial score (nSPS) is 14.3. The summed E-state index contributed by atoms with van der Waals surface area (Å²) in [5.41, 5.74) is 1.49. The second-order valence-corrected chi connectivity index (χ2v) is 5.17. The first-order chi connectivity index (χ1) is 8.48. The molecule has 0 bridgehead atoms. The molecular formula is C15H25NO2. The Morgan fingerprint density at radius 1 is 1.39 bits per heavy atom. The molecule has 0 saturated heterocycles. The number of aliphatic hydroxyl groups is 1. The van der Waals surface area contributed by atoms with Crippen LogP contribution in [0.1, 0.15) is 31.4 Å². The quantitative estimate of drug-likeness (QED) is 0.731. The first-order valence-electron chi connectivity index (χ1n) is 6.55. The molecule has 18 heavy (non-hydrogen) atoms. The predicted octanol–water partition coefficient (Wildman–Crippen LogP) is 2.30. The van der Waals surface area contributed by atoms with Crippen LogP contribution in [-0.2, 0) is 6.42 Å². The summed E-state index contributed by atoms with van der Waals surface area (Å²) in [5.74, 6) is 0.844. The highest BCUT2D eigenvalue weighted by Gasteiger charge is 2.22. The fourth-order valence-electron chi connectivity index (χ4n) is 2.05. The molecule has 0 aromatic heterocycles. The van der Waals surface area contributed by atoms with Gasteiger partial charge in [-0.05, 0) is 38.4 Å². The third kappa shape index (κ3) is 4.67. The zero-order valence-electron chi connectivity index (χ0n) is 11.9. The van der Waals surface area contributed by atoms with Crippen LogP contribution in [0, 0.1) is 6.92 Å². The maximum absolute atomic E-state index is 10.4. The fourth-order valence-corrected chi connectivity index (χ4v) is 2.05. The van der Waals surface area contributed by atoms with Gasteiger partial charge in [-0.1, -0.05) is 24.6 Å². The van der Waals surface area contributed by atoms with Gasteiger partial charge in [0.15, 0.2) is 0 Å². The first kappa shape index (κ1) is 15.0. The molecule has 0 aliphatic heterocycles. The summed E-state index contributed by atoms with van der Waals surface area (Å²) in [7, 11) is 1.66. The summed E-state index contributed by atoms with van der Waals surface area (Å²) in [5, 5.41) is 13.6. The lowest BCUT2D eigenvalue weighted by Gasteiger charge is -2.25. The Bertz CT molecular complexity index is 375. The van der Waals surface area contributed by atoms with E-state index in [0.717, 1.165) is 24.3 Å². The van der Waals surface area contributed by atoms with E-state index >= 15 is 0 Å². The summed E-state index contributed by atoms with van der Waals surface area (Å²) in [6.07, 6.45) is 1.67. The molecule has 0 saturated carbocycles. The van der Waals surface area contributed by atoms with Crippen molar-refractivity contribution in [3.63, 3.8) is 0 Å². The van der Waals surface area contributed by atoms with E-state index in [1.54, 1.807) is 7.11 Å². The van der Waals surface area contributed by atoms with E-state index in [-0.39, 0.29) is 0 Å². The largest absolute Gasteiger partial charge is 0.496 e. The highest BCUT2D eigenvalue weighted by atomic mass is 16.5. The van der Waals surface area contributed by atoms with Crippen molar-refractivity contribution in [3.05, 3.63) is 29.3 Å². The molecule has 0 aliphatic rings. The summed E-state index contributed by atoms with van der Waals surface area (Å²) in [4.78, 5) is 0. The van der Waals surface area contributed by atoms with E-state index in [0.29, 0.717) is 13.0 Å². The molecule has 2 N–H and O–H groups in total. The average molecular weight is 251 g/mol. The number of benzene rings is 1. The lowest BCUT2D eigenvalue weighted by atomic mass is 9.94.